The van der Waals surface area contributed by atoms with E-state index in [0.29, 0.717) is 0 Å². The number of pyridine rings is 1. The summed E-state index contributed by atoms with van der Waals surface area (Å²) in [4.78, 5) is 7.09. The second kappa shape index (κ2) is 12.6. The van der Waals surface area contributed by atoms with Gasteiger partial charge in [-0.25, -0.2) is 0 Å². The lowest BCUT2D eigenvalue weighted by atomic mass is 10.1. The molecular weight excluding hydrogens is 268 g/mol. The summed E-state index contributed by atoms with van der Waals surface area (Å²) in [7, 11) is 0. The largest absolute Gasteiger partial charge is 0.365 e. The van der Waals surface area contributed by atoms with Crippen molar-refractivity contribution in [2.75, 3.05) is 0 Å². The van der Waals surface area contributed by atoms with E-state index in [-0.39, 0.29) is 0 Å². The van der Waals surface area contributed by atoms with Crippen molar-refractivity contribution in [2.24, 2.45) is 0 Å². The van der Waals surface area contributed by atoms with Gasteiger partial charge in [0.2, 0.25) is 0 Å². The molecule has 2 aromatic heterocycles. The van der Waals surface area contributed by atoms with Crippen LogP contribution in [0.3, 0.4) is 0 Å². The van der Waals surface area contributed by atoms with E-state index in [1.165, 1.54) is 22.0 Å². The molecule has 1 aromatic carbocycles. The predicted octanol–water partition coefficient (Wildman–Crippen LogP) is 6.17. The van der Waals surface area contributed by atoms with Gasteiger partial charge in [0.15, 0.2) is 0 Å². The highest BCUT2D eigenvalue weighted by Gasteiger charge is 1.96. The van der Waals surface area contributed by atoms with Crippen molar-refractivity contribution < 1.29 is 0 Å². The van der Waals surface area contributed by atoms with E-state index >= 15 is 0 Å². The molecule has 0 unspecified atom stereocenters. The van der Waals surface area contributed by atoms with Crippen molar-refractivity contribution in [1.29, 1.82) is 0 Å². The Kier molecular flexibility index (Phi) is 11.4. The average molecular weight is 298 g/mol. The number of rotatable bonds is 1. The van der Waals surface area contributed by atoms with Crippen LogP contribution in [0, 0.1) is 6.92 Å². The maximum atomic E-state index is 4.09. The Morgan fingerprint density at radius 2 is 1.68 bits per heavy atom. The topological polar surface area (TPSA) is 28.7 Å². The first-order chi connectivity index (χ1) is 10.8. The van der Waals surface area contributed by atoms with E-state index in [2.05, 4.69) is 41.2 Å². The Morgan fingerprint density at radius 3 is 2.18 bits per heavy atom. The van der Waals surface area contributed by atoms with Crippen molar-refractivity contribution in [1.82, 2.24) is 9.97 Å². The van der Waals surface area contributed by atoms with Crippen LogP contribution in [0.25, 0.3) is 10.8 Å². The molecule has 0 bridgehead atoms. The van der Waals surface area contributed by atoms with Crippen LogP contribution in [0.5, 0.6) is 0 Å². The van der Waals surface area contributed by atoms with Gasteiger partial charge in [0.05, 0.1) is 0 Å². The number of nitrogens with one attached hydrogen (secondary N) is 1. The van der Waals surface area contributed by atoms with Crippen LogP contribution >= 0.6 is 0 Å². The zero-order valence-electron chi connectivity index (χ0n) is 14.9. The molecule has 0 saturated carbocycles. The van der Waals surface area contributed by atoms with Crippen molar-refractivity contribution >= 4 is 10.8 Å². The summed E-state index contributed by atoms with van der Waals surface area (Å²) >= 11 is 0. The zero-order chi connectivity index (χ0) is 16.8. The molecule has 0 atom stereocenters. The molecule has 3 aromatic rings. The van der Waals surface area contributed by atoms with Gasteiger partial charge in [-0.15, -0.1) is 0 Å². The minimum Gasteiger partial charge on any atom is -0.365 e. The third kappa shape index (κ3) is 6.57. The number of hydrogen-bond acceptors (Lipinski definition) is 1. The summed E-state index contributed by atoms with van der Waals surface area (Å²) in [5.41, 5.74) is 2.62. The summed E-state index contributed by atoms with van der Waals surface area (Å²) in [6, 6.07) is 12.4. The number of hydrogen-bond donors (Lipinski definition) is 1. The van der Waals surface area contributed by atoms with E-state index in [9.17, 15) is 0 Å². The molecule has 0 amide bonds. The SMILES string of the molecule is CC.CC.CCc1cccc2cnccc12.Cc1ccc[nH]1. The molecule has 2 heteroatoms. The molecular formula is C20H30N2. The number of aryl methyl sites for hydroxylation is 2. The fraction of sp³-hybridized carbons (Fsp3) is 0.350. The van der Waals surface area contributed by atoms with Gasteiger partial charge in [-0.1, -0.05) is 52.8 Å². The lowest BCUT2D eigenvalue weighted by Gasteiger charge is -2.01. The standard InChI is InChI=1S/C11H11N.C5H7N.2C2H6/c1-2-9-4-3-5-10-8-12-7-6-11(9)10;1-5-3-2-4-6-5;2*1-2/h3-8H,2H2,1H3;2-4,6H,1H3;2*1-2H3. The van der Waals surface area contributed by atoms with Gasteiger partial charge >= 0.3 is 0 Å². The van der Waals surface area contributed by atoms with Gasteiger partial charge in [0, 0.05) is 29.7 Å². The first kappa shape index (κ1) is 19.9. The number of aromatic amines is 1. The summed E-state index contributed by atoms with van der Waals surface area (Å²) in [5, 5.41) is 2.56. The summed E-state index contributed by atoms with van der Waals surface area (Å²) in [6.45, 7) is 12.2. The van der Waals surface area contributed by atoms with Crippen molar-refractivity contribution in [3.8, 4) is 0 Å². The van der Waals surface area contributed by atoms with Gasteiger partial charge in [-0.2, -0.15) is 0 Å². The highest BCUT2D eigenvalue weighted by atomic mass is 14.7. The molecule has 0 saturated heterocycles. The van der Waals surface area contributed by atoms with Crippen LogP contribution in [0.15, 0.2) is 55.0 Å². The monoisotopic (exact) mass is 298 g/mol. The third-order valence-corrected chi connectivity index (χ3v) is 2.91. The Bertz CT molecular complexity index is 593. The number of nitrogens with zero attached hydrogens (tertiary/aromatic N) is 1. The quantitative estimate of drug-likeness (QED) is 0.571. The Balaban J connectivity index is 0.000000373. The van der Waals surface area contributed by atoms with Crippen LogP contribution in [0.2, 0.25) is 0 Å². The maximum absolute atomic E-state index is 4.09. The molecule has 1 N–H and O–H groups in total. The summed E-state index contributed by atoms with van der Waals surface area (Å²) in [5.74, 6) is 0. The number of H-pyrrole nitrogens is 1. The number of aromatic nitrogens is 2. The van der Waals surface area contributed by atoms with E-state index in [0.717, 1.165) is 6.42 Å². The number of fused-ring (bicyclic) bond motifs is 1. The normalized spacial score (nSPS) is 8.64. The Morgan fingerprint density at radius 1 is 0.955 bits per heavy atom. The fourth-order valence-electron chi connectivity index (χ4n) is 1.92. The van der Waals surface area contributed by atoms with Gasteiger partial charge in [0.25, 0.3) is 0 Å². The third-order valence-electron chi connectivity index (χ3n) is 2.91. The summed E-state index contributed by atoms with van der Waals surface area (Å²) in [6.07, 6.45) is 6.76. The van der Waals surface area contributed by atoms with E-state index in [1.54, 1.807) is 0 Å². The van der Waals surface area contributed by atoms with E-state index in [4.69, 9.17) is 0 Å². The van der Waals surface area contributed by atoms with Crippen LogP contribution in [-0.2, 0) is 6.42 Å². The molecule has 2 nitrogen and oxygen atoms in total. The lowest BCUT2D eigenvalue weighted by molar-refractivity contribution is 1.16. The highest BCUT2D eigenvalue weighted by molar-refractivity contribution is 5.84. The zero-order valence-corrected chi connectivity index (χ0v) is 14.9. The first-order valence-electron chi connectivity index (χ1n) is 8.23. The minimum atomic E-state index is 1.08. The maximum Gasteiger partial charge on any atom is 0.0346 e. The second-order valence-electron chi connectivity index (χ2n) is 4.22. The summed E-state index contributed by atoms with van der Waals surface area (Å²) < 4.78 is 0. The molecule has 22 heavy (non-hydrogen) atoms. The molecule has 0 fully saturated rings. The molecule has 0 aliphatic rings. The number of benzene rings is 1. The Labute approximate surface area is 135 Å². The molecule has 120 valence electrons. The molecule has 0 spiro atoms. The minimum absolute atomic E-state index is 1.08. The van der Waals surface area contributed by atoms with Crippen molar-refractivity contribution in [2.45, 2.75) is 48.0 Å². The van der Waals surface area contributed by atoms with Gasteiger partial charge in [-0.05, 0) is 42.5 Å². The molecule has 0 aliphatic heterocycles. The van der Waals surface area contributed by atoms with Gasteiger partial charge in [0.1, 0.15) is 0 Å². The van der Waals surface area contributed by atoms with Crippen LogP contribution in [0.4, 0.5) is 0 Å². The molecule has 2 heterocycles. The van der Waals surface area contributed by atoms with Crippen molar-refractivity contribution in [3.63, 3.8) is 0 Å². The molecule has 0 radical (unpaired) electrons. The van der Waals surface area contributed by atoms with Crippen LogP contribution in [0.1, 0.15) is 45.9 Å². The van der Waals surface area contributed by atoms with Crippen LogP contribution < -0.4 is 0 Å². The highest BCUT2D eigenvalue weighted by Crippen LogP contribution is 2.17. The average Bonchev–Trinajstić information content (AvgIpc) is 3.09. The van der Waals surface area contributed by atoms with Crippen molar-refractivity contribution in [3.05, 3.63) is 66.2 Å². The van der Waals surface area contributed by atoms with E-state index < -0.39 is 0 Å². The Hall–Kier alpha value is -2.09. The predicted molar refractivity (Wildman–Crippen MR) is 99.3 cm³/mol. The lowest BCUT2D eigenvalue weighted by Crippen LogP contribution is -1.83. The smallest absolute Gasteiger partial charge is 0.0346 e. The second-order valence-corrected chi connectivity index (χ2v) is 4.22. The van der Waals surface area contributed by atoms with E-state index in [1.807, 2.05) is 65.3 Å². The molecule has 0 aliphatic carbocycles. The molecule has 3 rings (SSSR count). The fourth-order valence-corrected chi connectivity index (χ4v) is 1.92. The van der Waals surface area contributed by atoms with Gasteiger partial charge in [-0.3, -0.25) is 4.98 Å². The first-order valence-corrected chi connectivity index (χ1v) is 8.23. The van der Waals surface area contributed by atoms with Crippen LogP contribution in [-0.4, -0.2) is 9.97 Å². The van der Waals surface area contributed by atoms with Gasteiger partial charge < -0.3 is 4.98 Å².